The average molecular weight is 254 g/mol. The lowest BCUT2D eigenvalue weighted by Gasteiger charge is -2.25. The highest BCUT2D eigenvalue weighted by Gasteiger charge is 2.37. The van der Waals surface area contributed by atoms with Crippen molar-refractivity contribution in [3.05, 3.63) is 0 Å². The number of ketones is 3. The molecule has 1 rings (SSSR count). The molecular formula is C13H18O5. The molecule has 100 valence electrons. The number of carbonyl (C=O) groups is 4. The number of Topliss-reactive ketones (excluding diaryl/α,β-unsaturated/α-hetero) is 3. The van der Waals surface area contributed by atoms with Crippen LogP contribution >= 0.6 is 0 Å². The van der Waals surface area contributed by atoms with Crippen molar-refractivity contribution in [1.29, 1.82) is 0 Å². The molecular weight excluding hydrogens is 236 g/mol. The van der Waals surface area contributed by atoms with Crippen molar-refractivity contribution in [2.45, 2.75) is 39.5 Å². The minimum absolute atomic E-state index is 0.165. The second-order valence-corrected chi connectivity index (χ2v) is 4.59. The van der Waals surface area contributed by atoms with Crippen LogP contribution in [0.4, 0.5) is 0 Å². The molecule has 2 atom stereocenters. The molecule has 1 aliphatic rings. The SMILES string of the molecule is CCOC(=O)C1CCC(=O)C(C(=O)CC(C)=O)C1. The van der Waals surface area contributed by atoms with Gasteiger partial charge in [0, 0.05) is 6.42 Å². The van der Waals surface area contributed by atoms with E-state index in [-0.39, 0.29) is 49.2 Å². The van der Waals surface area contributed by atoms with E-state index in [2.05, 4.69) is 0 Å². The third-order valence-corrected chi connectivity index (χ3v) is 3.08. The van der Waals surface area contributed by atoms with Crippen LogP contribution in [0.3, 0.4) is 0 Å². The number of rotatable bonds is 5. The van der Waals surface area contributed by atoms with E-state index in [1.54, 1.807) is 6.92 Å². The van der Waals surface area contributed by atoms with E-state index in [4.69, 9.17) is 4.74 Å². The van der Waals surface area contributed by atoms with Crippen LogP contribution in [0.2, 0.25) is 0 Å². The predicted molar refractivity (Wildman–Crippen MR) is 62.8 cm³/mol. The molecule has 0 spiro atoms. The Morgan fingerprint density at radius 1 is 1.33 bits per heavy atom. The van der Waals surface area contributed by atoms with Crippen molar-refractivity contribution in [3.63, 3.8) is 0 Å². The van der Waals surface area contributed by atoms with Gasteiger partial charge in [0.15, 0.2) is 5.78 Å². The third kappa shape index (κ3) is 3.75. The fourth-order valence-corrected chi connectivity index (χ4v) is 2.18. The standard InChI is InChI=1S/C13H18O5/c1-3-18-13(17)9-4-5-11(15)10(7-9)12(16)6-8(2)14/h9-10H,3-7H2,1-2H3. The van der Waals surface area contributed by atoms with Crippen LogP contribution in [-0.2, 0) is 23.9 Å². The Kier molecular flexibility index (Phi) is 5.19. The molecule has 1 aliphatic carbocycles. The second-order valence-electron chi connectivity index (χ2n) is 4.59. The molecule has 1 saturated carbocycles. The molecule has 0 aromatic carbocycles. The van der Waals surface area contributed by atoms with E-state index in [0.717, 1.165) is 0 Å². The molecule has 0 heterocycles. The van der Waals surface area contributed by atoms with Crippen molar-refractivity contribution >= 4 is 23.3 Å². The molecule has 2 unspecified atom stereocenters. The van der Waals surface area contributed by atoms with E-state index in [0.29, 0.717) is 6.42 Å². The van der Waals surface area contributed by atoms with Gasteiger partial charge in [-0.1, -0.05) is 0 Å². The lowest BCUT2D eigenvalue weighted by atomic mass is 9.77. The van der Waals surface area contributed by atoms with Crippen molar-refractivity contribution in [3.8, 4) is 0 Å². The van der Waals surface area contributed by atoms with Crippen LogP contribution in [0.1, 0.15) is 39.5 Å². The smallest absolute Gasteiger partial charge is 0.308 e. The molecule has 0 N–H and O–H groups in total. The average Bonchev–Trinajstić information content (AvgIpc) is 2.28. The number of hydrogen-bond donors (Lipinski definition) is 0. The van der Waals surface area contributed by atoms with Gasteiger partial charge >= 0.3 is 5.97 Å². The van der Waals surface area contributed by atoms with Gasteiger partial charge in [-0.25, -0.2) is 0 Å². The van der Waals surface area contributed by atoms with E-state index in [9.17, 15) is 19.2 Å². The number of hydrogen-bond acceptors (Lipinski definition) is 5. The van der Waals surface area contributed by atoms with E-state index < -0.39 is 11.8 Å². The molecule has 0 saturated heterocycles. The summed E-state index contributed by atoms with van der Waals surface area (Å²) < 4.78 is 4.90. The van der Waals surface area contributed by atoms with Crippen LogP contribution in [-0.4, -0.2) is 29.9 Å². The second kappa shape index (κ2) is 6.42. The lowest BCUT2D eigenvalue weighted by Crippen LogP contribution is -2.35. The normalized spacial score (nSPS) is 23.6. The van der Waals surface area contributed by atoms with Crippen LogP contribution in [0, 0.1) is 11.8 Å². The fraction of sp³-hybridized carbons (Fsp3) is 0.692. The molecule has 0 aromatic rings. The maximum atomic E-state index is 11.8. The zero-order chi connectivity index (χ0) is 13.7. The Balaban J connectivity index is 2.66. The Hall–Kier alpha value is -1.52. The van der Waals surface area contributed by atoms with Crippen LogP contribution < -0.4 is 0 Å². The van der Waals surface area contributed by atoms with Crippen molar-refractivity contribution in [2.24, 2.45) is 11.8 Å². The third-order valence-electron chi connectivity index (χ3n) is 3.08. The summed E-state index contributed by atoms with van der Waals surface area (Å²) in [6.07, 6.45) is 0.592. The molecule has 1 fully saturated rings. The van der Waals surface area contributed by atoms with Gasteiger partial charge in [-0.05, 0) is 26.7 Å². The zero-order valence-corrected chi connectivity index (χ0v) is 10.7. The Labute approximate surface area is 106 Å². The van der Waals surface area contributed by atoms with Crippen LogP contribution in [0.5, 0.6) is 0 Å². The minimum Gasteiger partial charge on any atom is -0.466 e. The Morgan fingerprint density at radius 2 is 2.00 bits per heavy atom. The van der Waals surface area contributed by atoms with Crippen LogP contribution in [0.15, 0.2) is 0 Å². The molecule has 0 bridgehead atoms. The quantitative estimate of drug-likeness (QED) is 0.542. The summed E-state index contributed by atoms with van der Waals surface area (Å²) in [6, 6.07) is 0. The highest BCUT2D eigenvalue weighted by atomic mass is 16.5. The molecule has 0 radical (unpaired) electrons. The fourth-order valence-electron chi connectivity index (χ4n) is 2.18. The van der Waals surface area contributed by atoms with Gasteiger partial charge in [0.25, 0.3) is 0 Å². The van der Waals surface area contributed by atoms with Gasteiger partial charge in [-0.15, -0.1) is 0 Å². The number of carbonyl (C=O) groups excluding carboxylic acids is 4. The minimum atomic E-state index is -0.808. The summed E-state index contributed by atoms with van der Waals surface area (Å²) in [5.74, 6) is -2.36. The van der Waals surface area contributed by atoms with E-state index in [1.807, 2.05) is 0 Å². The van der Waals surface area contributed by atoms with Gasteiger partial charge in [-0.2, -0.15) is 0 Å². The summed E-state index contributed by atoms with van der Waals surface area (Å²) in [7, 11) is 0. The largest absolute Gasteiger partial charge is 0.466 e. The molecule has 18 heavy (non-hydrogen) atoms. The first-order valence-electron chi connectivity index (χ1n) is 6.17. The maximum Gasteiger partial charge on any atom is 0.308 e. The summed E-state index contributed by atoms with van der Waals surface area (Å²) in [5.41, 5.74) is 0. The predicted octanol–water partition coefficient (Wildman–Crippen LogP) is 1.08. The first kappa shape index (κ1) is 14.5. The van der Waals surface area contributed by atoms with Gasteiger partial charge < -0.3 is 4.74 Å². The first-order valence-corrected chi connectivity index (χ1v) is 6.17. The zero-order valence-electron chi connectivity index (χ0n) is 10.7. The van der Waals surface area contributed by atoms with Crippen molar-refractivity contribution in [1.82, 2.24) is 0 Å². The topological polar surface area (TPSA) is 77.5 Å². The van der Waals surface area contributed by atoms with E-state index in [1.165, 1.54) is 6.92 Å². The molecule has 5 nitrogen and oxygen atoms in total. The monoisotopic (exact) mass is 254 g/mol. The lowest BCUT2D eigenvalue weighted by molar-refractivity contribution is -0.151. The maximum absolute atomic E-state index is 11.8. The molecule has 5 heteroatoms. The summed E-state index contributed by atoms with van der Waals surface area (Å²) in [4.78, 5) is 45.9. The first-order chi connectivity index (χ1) is 8.45. The highest BCUT2D eigenvalue weighted by molar-refractivity contribution is 6.09. The summed E-state index contributed by atoms with van der Waals surface area (Å²) in [5, 5.41) is 0. The van der Waals surface area contributed by atoms with Gasteiger partial charge in [0.05, 0.1) is 24.9 Å². The Morgan fingerprint density at radius 3 is 2.56 bits per heavy atom. The highest BCUT2D eigenvalue weighted by Crippen LogP contribution is 2.28. The number of esters is 1. The van der Waals surface area contributed by atoms with Crippen LogP contribution in [0.25, 0.3) is 0 Å². The number of ether oxygens (including phenoxy) is 1. The van der Waals surface area contributed by atoms with Crippen molar-refractivity contribution in [2.75, 3.05) is 6.61 Å². The van der Waals surface area contributed by atoms with Gasteiger partial charge in [-0.3, -0.25) is 19.2 Å². The van der Waals surface area contributed by atoms with E-state index >= 15 is 0 Å². The molecule has 0 aliphatic heterocycles. The summed E-state index contributed by atoms with van der Waals surface area (Å²) in [6.45, 7) is 3.31. The summed E-state index contributed by atoms with van der Waals surface area (Å²) >= 11 is 0. The van der Waals surface area contributed by atoms with Gasteiger partial charge in [0.2, 0.25) is 0 Å². The Bertz CT molecular complexity index is 372. The molecule has 0 aromatic heterocycles. The van der Waals surface area contributed by atoms with Gasteiger partial charge in [0.1, 0.15) is 11.6 Å². The van der Waals surface area contributed by atoms with Crippen molar-refractivity contribution < 1.29 is 23.9 Å². The molecule has 0 amide bonds.